The number of carbonyl (C=O) groups is 1. The average Bonchev–Trinajstić information content (AvgIpc) is 2.47. The van der Waals surface area contributed by atoms with E-state index in [4.69, 9.17) is 16.9 Å². The number of thiocyanates is 1. The van der Waals surface area contributed by atoms with Crippen molar-refractivity contribution in [3.05, 3.63) is 21.3 Å². The number of nitriles is 1. The molecule has 0 aromatic carbocycles. The molecule has 0 N–H and O–H groups in total. The van der Waals surface area contributed by atoms with Gasteiger partial charge in [-0.15, -0.1) is 11.3 Å². The van der Waals surface area contributed by atoms with Crippen LogP contribution in [0.3, 0.4) is 0 Å². The molecule has 0 saturated carbocycles. The fraction of sp³-hybridized carbons (Fsp3) is 0.143. The summed E-state index contributed by atoms with van der Waals surface area (Å²) in [4.78, 5) is 11.8. The van der Waals surface area contributed by atoms with E-state index in [0.29, 0.717) is 9.90 Å². The highest BCUT2D eigenvalue weighted by Crippen LogP contribution is 2.23. The molecule has 1 aromatic rings. The minimum atomic E-state index is -0.0819. The van der Waals surface area contributed by atoms with Crippen LogP contribution in [0.25, 0.3) is 0 Å². The van der Waals surface area contributed by atoms with Gasteiger partial charge in [0.2, 0.25) is 0 Å². The van der Waals surface area contributed by atoms with Crippen molar-refractivity contribution < 1.29 is 4.79 Å². The zero-order chi connectivity index (χ0) is 8.97. The van der Waals surface area contributed by atoms with Gasteiger partial charge in [0.25, 0.3) is 0 Å². The number of thioether (sulfide) groups is 1. The molecule has 62 valence electrons. The average molecular weight is 218 g/mol. The smallest absolute Gasteiger partial charge is 0.185 e. The van der Waals surface area contributed by atoms with Crippen molar-refractivity contribution in [3.8, 4) is 5.40 Å². The Bertz CT molecular complexity index is 328. The summed E-state index contributed by atoms with van der Waals surface area (Å²) >= 11 is 7.94. The van der Waals surface area contributed by atoms with Gasteiger partial charge in [0.15, 0.2) is 5.78 Å². The van der Waals surface area contributed by atoms with Crippen LogP contribution in [0.4, 0.5) is 0 Å². The Morgan fingerprint density at radius 1 is 1.83 bits per heavy atom. The topological polar surface area (TPSA) is 40.9 Å². The van der Waals surface area contributed by atoms with Gasteiger partial charge in [-0.1, -0.05) is 11.6 Å². The Balaban J connectivity index is 2.67. The maximum Gasteiger partial charge on any atom is 0.185 e. The molecule has 2 nitrogen and oxygen atoms in total. The zero-order valence-electron chi connectivity index (χ0n) is 5.91. The Hall–Kier alpha value is -0.500. The van der Waals surface area contributed by atoms with Crippen LogP contribution in [-0.2, 0) is 0 Å². The standard InChI is InChI=1S/C7H4ClNOS2/c8-5-1-2-12-7(5)6(10)3-11-4-9/h1-2H,3H2. The summed E-state index contributed by atoms with van der Waals surface area (Å²) < 4.78 is 0. The summed E-state index contributed by atoms with van der Waals surface area (Å²) in [6, 6.07) is 1.68. The highest BCUT2D eigenvalue weighted by atomic mass is 35.5. The molecule has 0 bridgehead atoms. The van der Waals surface area contributed by atoms with Crippen molar-refractivity contribution >= 4 is 40.5 Å². The van der Waals surface area contributed by atoms with Gasteiger partial charge in [-0.3, -0.25) is 4.79 Å². The van der Waals surface area contributed by atoms with Gasteiger partial charge in [0.1, 0.15) is 5.40 Å². The van der Waals surface area contributed by atoms with Crippen molar-refractivity contribution in [1.29, 1.82) is 5.26 Å². The lowest BCUT2D eigenvalue weighted by atomic mass is 10.3. The predicted molar refractivity (Wildman–Crippen MR) is 51.7 cm³/mol. The van der Waals surface area contributed by atoms with Gasteiger partial charge in [0.05, 0.1) is 15.7 Å². The summed E-state index contributed by atoms with van der Waals surface area (Å²) in [7, 11) is 0. The first-order valence-corrected chi connectivity index (χ1v) is 5.27. The van der Waals surface area contributed by atoms with Gasteiger partial charge in [-0.25, -0.2) is 0 Å². The number of thiophene rings is 1. The van der Waals surface area contributed by atoms with Crippen molar-refractivity contribution in [2.45, 2.75) is 0 Å². The van der Waals surface area contributed by atoms with Gasteiger partial charge >= 0.3 is 0 Å². The van der Waals surface area contributed by atoms with E-state index in [9.17, 15) is 4.79 Å². The normalized spacial score (nSPS) is 9.33. The lowest BCUT2D eigenvalue weighted by molar-refractivity contribution is 0.102. The van der Waals surface area contributed by atoms with Crippen molar-refractivity contribution in [2.24, 2.45) is 0 Å². The lowest BCUT2D eigenvalue weighted by Gasteiger charge is -1.92. The quantitative estimate of drug-likeness (QED) is 0.578. The molecule has 0 aliphatic rings. The van der Waals surface area contributed by atoms with E-state index in [-0.39, 0.29) is 11.5 Å². The number of rotatable bonds is 3. The fourth-order valence-electron chi connectivity index (χ4n) is 0.656. The number of Topliss-reactive ketones (excluding diaryl/α,β-unsaturated/α-hetero) is 1. The van der Waals surface area contributed by atoms with Crippen LogP contribution in [0.15, 0.2) is 11.4 Å². The molecule has 0 radical (unpaired) electrons. The molecule has 1 rings (SSSR count). The highest BCUT2D eigenvalue weighted by Gasteiger charge is 2.11. The second kappa shape index (κ2) is 4.51. The Morgan fingerprint density at radius 2 is 2.58 bits per heavy atom. The van der Waals surface area contributed by atoms with Crippen molar-refractivity contribution in [2.75, 3.05) is 5.75 Å². The van der Waals surface area contributed by atoms with E-state index in [2.05, 4.69) is 0 Å². The minimum Gasteiger partial charge on any atom is -0.292 e. The maximum atomic E-state index is 11.2. The lowest BCUT2D eigenvalue weighted by Crippen LogP contribution is -1.98. The van der Waals surface area contributed by atoms with E-state index in [0.717, 1.165) is 11.8 Å². The number of hydrogen-bond donors (Lipinski definition) is 0. The number of carbonyl (C=O) groups excluding carboxylic acids is 1. The molecule has 1 aromatic heterocycles. The first kappa shape index (κ1) is 9.59. The van der Waals surface area contributed by atoms with E-state index in [1.807, 2.05) is 5.40 Å². The third-order valence-electron chi connectivity index (χ3n) is 1.14. The van der Waals surface area contributed by atoms with Gasteiger partial charge in [0, 0.05) is 0 Å². The van der Waals surface area contributed by atoms with Crippen LogP contribution in [0, 0.1) is 10.7 Å². The zero-order valence-corrected chi connectivity index (χ0v) is 8.30. The van der Waals surface area contributed by atoms with Crippen molar-refractivity contribution in [1.82, 2.24) is 0 Å². The minimum absolute atomic E-state index is 0.0819. The second-order valence-electron chi connectivity index (χ2n) is 1.90. The third-order valence-corrected chi connectivity index (χ3v) is 3.06. The molecule has 0 saturated heterocycles. The number of ketones is 1. The molecule has 5 heteroatoms. The fourth-order valence-corrected chi connectivity index (χ4v) is 2.19. The van der Waals surface area contributed by atoms with Crippen LogP contribution in [0.5, 0.6) is 0 Å². The molecule has 0 spiro atoms. The third kappa shape index (κ3) is 2.24. The molecule has 0 aliphatic carbocycles. The predicted octanol–water partition coefficient (Wildman–Crippen LogP) is 2.80. The number of halogens is 1. The molecule has 0 atom stereocenters. The first-order chi connectivity index (χ1) is 5.75. The van der Waals surface area contributed by atoms with Crippen LogP contribution in [0.1, 0.15) is 9.67 Å². The molecule has 0 unspecified atom stereocenters. The van der Waals surface area contributed by atoms with Crippen LogP contribution in [0.2, 0.25) is 5.02 Å². The molecule has 0 fully saturated rings. The molecule has 12 heavy (non-hydrogen) atoms. The summed E-state index contributed by atoms with van der Waals surface area (Å²) in [5.41, 5.74) is 0. The van der Waals surface area contributed by atoms with E-state index in [1.165, 1.54) is 11.3 Å². The molecule has 0 aliphatic heterocycles. The Morgan fingerprint density at radius 3 is 3.08 bits per heavy atom. The monoisotopic (exact) mass is 217 g/mol. The molecule has 0 amide bonds. The largest absolute Gasteiger partial charge is 0.292 e. The number of hydrogen-bond acceptors (Lipinski definition) is 4. The molecular weight excluding hydrogens is 214 g/mol. The molecule has 1 heterocycles. The van der Waals surface area contributed by atoms with Crippen molar-refractivity contribution in [3.63, 3.8) is 0 Å². The Labute approximate surface area is 83.1 Å². The maximum absolute atomic E-state index is 11.2. The van der Waals surface area contributed by atoms with E-state index >= 15 is 0 Å². The molecular formula is C7H4ClNOS2. The van der Waals surface area contributed by atoms with E-state index in [1.54, 1.807) is 11.4 Å². The number of nitrogens with zero attached hydrogens (tertiary/aromatic N) is 1. The van der Waals surface area contributed by atoms with Gasteiger partial charge in [-0.2, -0.15) is 5.26 Å². The Kier molecular flexibility index (Phi) is 3.60. The summed E-state index contributed by atoms with van der Waals surface area (Å²) in [5.74, 6) is 0.0954. The van der Waals surface area contributed by atoms with Crippen LogP contribution >= 0.6 is 34.7 Å². The summed E-state index contributed by atoms with van der Waals surface area (Å²) in [6.07, 6.45) is 0. The first-order valence-electron chi connectivity index (χ1n) is 3.02. The van der Waals surface area contributed by atoms with Crippen LogP contribution < -0.4 is 0 Å². The summed E-state index contributed by atoms with van der Waals surface area (Å²) in [5, 5.41) is 12.3. The second-order valence-corrected chi connectivity index (χ2v) is 3.98. The summed E-state index contributed by atoms with van der Waals surface area (Å²) in [6.45, 7) is 0. The van der Waals surface area contributed by atoms with Crippen LogP contribution in [-0.4, -0.2) is 11.5 Å². The highest BCUT2D eigenvalue weighted by molar-refractivity contribution is 8.04. The van der Waals surface area contributed by atoms with Gasteiger partial charge < -0.3 is 0 Å². The SMILES string of the molecule is N#CSCC(=O)c1sccc1Cl. The van der Waals surface area contributed by atoms with E-state index < -0.39 is 0 Å². The van der Waals surface area contributed by atoms with Gasteiger partial charge in [-0.05, 0) is 23.2 Å².